The van der Waals surface area contributed by atoms with E-state index in [0.717, 1.165) is 0 Å². The first kappa shape index (κ1) is 17.4. The largest absolute Gasteiger partial charge is 0.359 e. The molecule has 1 heterocycles. The van der Waals surface area contributed by atoms with Crippen LogP contribution < -0.4 is 11.5 Å². The van der Waals surface area contributed by atoms with Crippen molar-refractivity contribution in [3.63, 3.8) is 0 Å². The zero-order valence-corrected chi connectivity index (χ0v) is 12.7. The Morgan fingerprint density at radius 1 is 1.13 bits per heavy atom. The Bertz CT molecular complexity index is 575. The van der Waals surface area contributed by atoms with Crippen LogP contribution in [0.5, 0.6) is 0 Å². The summed E-state index contributed by atoms with van der Waals surface area (Å²) in [6.07, 6.45) is 1.31. The molecule has 4 N–H and O–H groups in total. The molecule has 124 valence electrons. The lowest BCUT2D eigenvalue weighted by molar-refractivity contribution is -0.0396. The van der Waals surface area contributed by atoms with E-state index in [2.05, 4.69) is 4.98 Å². The van der Waals surface area contributed by atoms with Crippen LogP contribution in [0.15, 0.2) is 42.6 Å². The number of halogens is 2. The van der Waals surface area contributed by atoms with Gasteiger partial charge in [0.05, 0.1) is 18.2 Å². The van der Waals surface area contributed by atoms with Crippen molar-refractivity contribution < 1.29 is 18.3 Å². The smallest absolute Gasteiger partial charge is 0.212 e. The van der Waals surface area contributed by atoms with Crippen LogP contribution in [0, 0.1) is 11.8 Å². The molecule has 0 saturated carbocycles. The van der Waals surface area contributed by atoms with Gasteiger partial charge >= 0.3 is 0 Å². The average Bonchev–Trinajstić information content (AvgIpc) is 2.55. The SMILES string of the molecule is COCOCC(N)C(N)(c1ccc(F)cc1)c1ccc(F)nc1. The van der Waals surface area contributed by atoms with E-state index in [1.54, 1.807) is 0 Å². The van der Waals surface area contributed by atoms with Crippen LogP contribution in [0.25, 0.3) is 0 Å². The molecule has 0 amide bonds. The Hall–Kier alpha value is -1.93. The fourth-order valence-electron chi connectivity index (χ4n) is 2.33. The third kappa shape index (κ3) is 3.89. The quantitative estimate of drug-likeness (QED) is 0.458. The second-order valence-corrected chi connectivity index (χ2v) is 5.13. The molecule has 7 heteroatoms. The van der Waals surface area contributed by atoms with Crippen LogP contribution in [-0.2, 0) is 15.0 Å². The molecule has 0 radical (unpaired) electrons. The van der Waals surface area contributed by atoms with Gasteiger partial charge in [0.25, 0.3) is 0 Å². The van der Waals surface area contributed by atoms with Crippen molar-refractivity contribution in [2.24, 2.45) is 11.5 Å². The highest BCUT2D eigenvalue weighted by molar-refractivity contribution is 5.39. The maximum absolute atomic E-state index is 13.2. The van der Waals surface area contributed by atoms with Crippen LogP contribution in [-0.4, -0.2) is 31.5 Å². The summed E-state index contributed by atoms with van der Waals surface area (Å²) >= 11 is 0. The molecule has 2 unspecified atom stereocenters. The third-order valence-electron chi connectivity index (χ3n) is 3.61. The molecule has 0 aliphatic rings. The molecular formula is C16H19F2N3O2. The Labute approximate surface area is 133 Å². The molecule has 0 spiro atoms. The molecule has 1 aromatic heterocycles. The molecule has 5 nitrogen and oxygen atoms in total. The van der Waals surface area contributed by atoms with Crippen molar-refractivity contribution in [3.8, 4) is 0 Å². The standard InChI is InChI=1S/C16H19F2N3O2/c1-22-10-23-9-14(19)16(20,11-2-5-13(17)6-3-11)12-4-7-15(18)21-8-12/h2-8,14H,9-10,19-20H2,1H3. The first-order valence-electron chi connectivity index (χ1n) is 6.97. The Morgan fingerprint density at radius 2 is 1.78 bits per heavy atom. The van der Waals surface area contributed by atoms with Gasteiger partial charge in [0, 0.05) is 13.3 Å². The molecule has 0 aliphatic carbocycles. The molecular weight excluding hydrogens is 304 g/mol. The molecule has 1 aromatic carbocycles. The number of benzene rings is 1. The summed E-state index contributed by atoms with van der Waals surface area (Å²) in [4.78, 5) is 3.63. The van der Waals surface area contributed by atoms with Gasteiger partial charge in [0.1, 0.15) is 12.6 Å². The molecule has 2 atom stereocenters. The number of ether oxygens (including phenoxy) is 2. The summed E-state index contributed by atoms with van der Waals surface area (Å²) in [6, 6.07) is 7.66. The average molecular weight is 323 g/mol. The number of hydrogen-bond donors (Lipinski definition) is 2. The minimum Gasteiger partial charge on any atom is -0.359 e. The molecule has 0 saturated heterocycles. The van der Waals surface area contributed by atoms with Gasteiger partial charge in [0.2, 0.25) is 5.95 Å². The first-order valence-corrected chi connectivity index (χ1v) is 6.97. The zero-order valence-electron chi connectivity index (χ0n) is 12.7. The Balaban J connectivity index is 2.40. The fraction of sp³-hybridized carbons (Fsp3) is 0.312. The molecule has 2 aromatic rings. The number of pyridine rings is 1. The van der Waals surface area contributed by atoms with E-state index < -0.39 is 23.3 Å². The van der Waals surface area contributed by atoms with E-state index >= 15 is 0 Å². The minimum absolute atomic E-state index is 0.0644. The zero-order chi connectivity index (χ0) is 16.9. The summed E-state index contributed by atoms with van der Waals surface area (Å²) in [6.45, 7) is 0.161. The summed E-state index contributed by atoms with van der Waals surface area (Å²) in [5.74, 6) is -1.02. The van der Waals surface area contributed by atoms with Gasteiger partial charge in [-0.1, -0.05) is 18.2 Å². The predicted molar refractivity (Wildman–Crippen MR) is 81.4 cm³/mol. The van der Waals surface area contributed by atoms with Gasteiger partial charge in [-0.3, -0.25) is 0 Å². The van der Waals surface area contributed by atoms with E-state index in [1.165, 1.54) is 49.7 Å². The summed E-state index contributed by atoms with van der Waals surface area (Å²) in [5, 5.41) is 0. The van der Waals surface area contributed by atoms with E-state index in [-0.39, 0.29) is 13.4 Å². The lowest BCUT2D eigenvalue weighted by Crippen LogP contribution is -2.55. The van der Waals surface area contributed by atoms with Crippen molar-refractivity contribution in [2.45, 2.75) is 11.6 Å². The van der Waals surface area contributed by atoms with Crippen molar-refractivity contribution in [2.75, 3.05) is 20.5 Å². The molecule has 0 bridgehead atoms. The van der Waals surface area contributed by atoms with Crippen LogP contribution in [0.1, 0.15) is 11.1 Å². The fourth-order valence-corrected chi connectivity index (χ4v) is 2.33. The topological polar surface area (TPSA) is 83.4 Å². The van der Waals surface area contributed by atoms with Gasteiger partial charge in [-0.25, -0.2) is 9.37 Å². The number of nitrogens with two attached hydrogens (primary N) is 2. The van der Waals surface area contributed by atoms with E-state index in [4.69, 9.17) is 20.9 Å². The highest BCUT2D eigenvalue weighted by Gasteiger charge is 2.37. The number of rotatable bonds is 7. The summed E-state index contributed by atoms with van der Waals surface area (Å²) in [7, 11) is 1.49. The molecule has 2 rings (SSSR count). The highest BCUT2D eigenvalue weighted by Crippen LogP contribution is 2.30. The van der Waals surface area contributed by atoms with E-state index in [1.807, 2.05) is 0 Å². The summed E-state index contributed by atoms with van der Waals surface area (Å²) in [5.41, 5.74) is 12.6. The third-order valence-corrected chi connectivity index (χ3v) is 3.61. The van der Waals surface area contributed by atoms with Gasteiger partial charge in [-0.05, 0) is 29.3 Å². The number of methoxy groups -OCH3 is 1. The van der Waals surface area contributed by atoms with Gasteiger partial charge in [-0.2, -0.15) is 4.39 Å². The maximum atomic E-state index is 13.2. The second kappa shape index (κ2) is 7.56. The normalized spacial score (nSPS) is 15.2. The Morgan fingerprint density at radius 3 is 2.35 bits per heavy atom. The first-order chi connectivity index (χ1) is 11.0. The van der Waals surface area contributed by atoms with Gasteiger partial charge < -0.3 is 20.9 Å². The number of aromatic nitrogens is 1. The van der Waals surface area contributed by atoms with Crippen molar-refractivity contribution in [1.29, 1.82) is 0 Å². The van der Waals surface area contributed by atoms with Crippen LogP contribution in [0.4, 0.5) is 8.78 Å². The maximum Gasteiger partial charge on any atom is 0.212 e. The Kier molecular flexibility index (Phi) is 5.73. The van der Waals surface area contributed by atoms with Crippen LogP contribution in [0.2, 0.25) is 0 Å². The highest BCUT2D eigenvalue weighted by atomic mass is 19.1. The molecule has 0 aliphatic heterocycles. The van der Waals surface area contributed by atoms with Gasteiger partial charge in [-0.15, -0.1) is 0 Å². The van der Waals surface area contributed by atoms with Crippen molar-refractivity contribution in [1.82, 2.24) is 4.98 Å². The predicted octanol–water partition coefficient (Wildman–Crippen LogP) is 1.51. The van der Waals surface area contributed by atoms with Crippen LogP contribution >= 0.6 is 0 Å². The molecule has 23 heavy (non-hydrogen) atoms. The number of nitrogens with zero attached hydrogens (tertiary/aromatic N) is 1. The lowest BCUT2D eigenvalue weighted by Gasteiger charge is -2.36. The monoisotopic (exact) mass is 323 g/mol. The second-order valence-electron chi connectivity index (χ2n) is 5.13. The van der Waals surface area contributed by atoms with Gasteiger partial charge in [0.15, 0.2) is 0 Å². The minimum atomic E-state index is -1.22. The molecule has 0 fully saturated rings. The van der Waals surface area contributed by atoms with E-state index in [9.17, 15) is 8.78 Å². The van der Waals surface area contributed by atoms with E-state index in [0.29, 0.717) is 11.1 Å². The van der Waals surface area contributed by atoms with Crippen molar-refractivity contribution >= 4 is 0 Å². The lowest BCUT2D eigenvalue weighted by atomic mass is 9.79. The number of hydrogen-bond acceptors (Lipinski definition) is 5. The van der Waals surface area contributed by atoms with Crippen molar-refractivity contribution in [3.05, 3.63) is 65.5 Å². The summed E-state index contributed by atoms with van der Waals surface area (Å²) < 4.78 is 36.4. The van der Waals surface area contributed by atoms with Crippen LogP contribution in [0.3, 0.4) is 0 Å².